The second kappa shape index (κ2) is 5.58. The lowest BCUT2D eigenvalue weighted by atomic mass is 10.1. The second-order valence-electron chi connectivity index (χ2n) is 5.00. The molecule has 4 nitrogen and oxygen atoms in total. The molecule has 0 spiro atoms. The number of carbonyl (C=O) groups is 1. The van der Waals surface area contributed by atoms with Crippen LogP contribution in [0.25, 0.3) is 0 Å². The molecule has 0 fully saturated rings. The zero-order chi connectivity index (χ0) is 14.9. The fourth-order valence-corrected chi connectivity index (χ4v) is 3.32. The quantitative estimate of drug-likeness (QED) is 0.623. The van der Waals surface area contributed by atoms with E-state index in [4.69, 9.17) is 10.7 Å². The Morgan fingerprint density at radius 3 is 2.60 bits per heavy atom. The van der Waals surface area contributed by atoms with Gasteiger partial charge in [-0.25, -0.2) is 8.42 Å². The number of benzene rings is 1. The predicted molar refractivity (Wildman–Crippen MR) is 78.5 cm³/mol. The molecule has 1 aromatic rings. The van der Waals surface area contributed by atoms with Gasteiger partial charge in [0.1, 0.15) is 0 Å². The van der Waals surface area contributed by atoms with Gasteiger partial charge in [0, 0.05) is 23.8 Å². The highest BCUT2D eigenvalue weighted by molar-refractivity contribution is 8.13. The van der Waals surface area contributed by atoms with Crippen molar-refractivity contribution in [2.75, 3.05) is 13.1 Å². The Morgan fingerprint density at radius 1 is 1.30 bits per heavy atom. The molecule has 1 aromatic carbocycles. The molecule has 1 amide bonds. The molecule has 0 radical (unpaired) electrons. The summed E-state index contributed by atoms with van der Waals surface area (Å²) in [6.07, 6.45) is 2.87. The molecule has 1 heterocycles. The van der Waals surface area contributed by atoms with Gasteiger partial charge in [-0.15, -0.1) is 0 Å². The Labute approximate surface area is 123 Å². The lowest BCUT2D eigenvalue weighted by molar-refractivity contribution is 0.0762. The van der Waals surface area contributed by atoms with Gasteiger partial charge in [-0.3, -0.25) is 4.79 Å². The van der Waals surface area contributed by atoms with E-state index in [-0.39, 0.29) is 16.4 Å². The largest absolute Gasteiger partial charge is 0.334 e. The molecule has 0 saturated carbocycles. The summed E-state index contributed by atoms with van der Waals surface area (Å²) in [5.41, 5.74) is 2.07. The van der Waals surface area contributed by atoms with Crippen LogP contribution in [0.1, 0.15) is 29.3 Å². The first-order chi connectivity index (χ1) is 9.29. The van der Waals surface area contributed by atoms with Crippen molar-refractivity contribution in [3.8, 4) is 0 Å². The van der Waals surface area contributed by atoms with E-state index >= 15 is 0 Å². The fourth-order valence-electron chi connectivity index (χ4n) is 2.28. The van der Waals surface area contributed by atoms with Crippen molar-refractivity contribution < 1.29 is 13.2 Å². The molecule has 0 atom stereocenters. The Morgan fingerprint density at radius 2 is 2.00 bits per heavy atom. The van der Waals surface area contributed by atoms with E-state index in [1.807, 2.05) is 13.8 Å². The van der Waals surface area contributed by atoms with Gasteiger partial charge in [0.05, 0.1) is 10.5 Å². The number of carbonyl (C=O) groups excluding carboxylic acids is 1. The molecule has 0 aliphatic carbocycles. The summed E-state index contributed by atoms with van der Waals surface area (Å²) >= 11 is 0. The summed E-state index contributed by atoms with van der Waals surface area (Å²) in [5, 5.41) is 0. The van der Waals surface area contributed by atoms with Crippen molar-refractivity contribution in [3.63, 3.8) is 0 Å². The lowest BCUT2D eigenvalue weighted by Gasteiger charge is -2.27. The third-order valence-corrected chi connectivity index (χ3v) is 4.63. The minimum absolute atomic E-state index is 0.123. The van der Waals surface area contributed by atoms with Crippen LogP contribution in [0.15, 0.2) is 34.7 Å². The van der Waals surface area contributed by atoms with Crippen LogP contribution in [-0.4, -0.2) is 32.3 Å². The van der Waals surface area contributed by atoms with Crippen LogP contribution in [0.4, 0.5) is 0 Å². The minimum atomic E-state index is -3.94. The van der Waals surface area contributed by atoms with Crippen LogP contribution in [0.3, 0.4) is 0 Å². The van der Waals surface area contributed by atoms with Crippen molar-refractivity contribution >= 4 is 25.6 Å². The summed E-state index contributed by atoms with van der Waals surface area (Å²) in [7, 11) is 1.48. The summed E-state index contributed by atoms with van der Waals surface area (Å²) in [4.78, 5) is 14.1. The molecule has 0 bridgehead atoms. The molecule has 6 heteroatoms. The molecule has 1 aliphatic heterocycles. The number of hydrogen-bond acceptors (Lipinski definition) is 3. The summed E-state index contributed by atoms with van der Waals surface area (Å²) in [6.45, 7) is 4.87. The lowest BCUT2D eigenvalue weighted by Crippen LogP contribution is -2.36. The average molecular weight is 314 g/mol. The molecule has 0 saturated heterocycles. The highest BCUT2D eigenvalue weighted by Gasteiger charge is 2.25. The summed E-state index contributed by atoms with van der Waals surface area (Å²) in [6, 6.07) is 4.59. The number of nitrogens with zero attached hydrogens (tertiary/aromatic N) is 1. The van der Waals surface area contributed by atoms with E-state index in [9.17, 15) is 13.2 Å². The van der Waals surface area contributed by atoms with E-state index in [1.165, 1.54) is 6.07 Å². The van der Waals surface area contributed by atoms with Gasteiger partial charge >= 0.3 is 0 Å². The van der Waals surface area contributed by atoms with Gasteiger partial charge in [-0.05, 0) is 32.4 Å². The highest BCUT2D eigenvalue weighted by Crippen LogP contribution is 2.24. The minimum Gasteiger partial charge on any atom is -0.334 e. The monoisotopic (exact) mass is 313 g/mol. The number of aryl methyl sites for hydroxylation is 1. The number of rotatable bonds is 2. The number of amides is 1. The molecular weight excluding hydrogens is 298 g/mol. The van der Waals surface area contributed by atoms with Gasteiger partial charge in [-0.1, -0.05) is 23.3 Å². The number of halogens is 1. The van der Waals surface area contributed by atoms with Gasteiger partial charge in [-0.2, -0.15) is 0 Å². The van der Waals surface area contributed by atoms with Crippen LogP contribution in [-0.2, 0) is 9.05 Å². The normalized spacial score (nSPS) is 15.9. The molecular formula is C14H16ClNO3S. The van der Waals surface area contributed by atoms with Crippen LogP contribution in [0.5, 0.6) is 0 Å². The SMILES string of the molecule is CC1=CCCN(C(=O)c2cc(C)ccc2S(=O)(=O)Cl)C1. The van der Waals surface area contributed by atoms with Crippen molar-refractivity contribution in [1.82, 2.24) is 4.90 Å². The van der Waals surface area contributed by atoms with Crippen LogP contribution in [0, 0.1) is 6.92 Å². The Hall–Kier alpha value is -1.33. The first-order valence-corrected chi connectivity index (χ1v) is 8.60. The zero-order valence-electron chi connectivity index (χ0n) is 11.4. The standard InChI is InChI=1S/C14H16ClNO3S/c1-10-5-6-13(20(15,18)19)12(8-10)14(17)16-7-3-4-11(2)9-16/h4-6,8H,3,7,9H2,1-2H3. The van der Waals surface area contributed by atoms with Crippen molar-refractivity contribution in [2.45, 2.75) is 25.2 Å². The highest BCUT2D eigenvalue weighted by atomic mass is 35.7. The van der Waals surface area contributed by atoms with E-state index < -0.39 is 9.05 Å². The van der Waals surface area contributed by atoms with Gasteiger partial charge in [0.25, 0.3) is 15.0 Å². The van der Waals surface area contributed by atoms with Crippen molar-refractivity contribution in [1.29, 1.82) is 0 Å². The van der Waals surface area contributed by atoms with Crippen molar-refractivity contribution in [3.05, 3.63) is 41.0 Å². The summed E-state index contributed by atoms with van der Waals surface area (Å²) in [5.74, 6) is -0.291. The van der Waals surface area contributed by atoms with Crippen LogP contribution >= 0.6 is 10.7 Å². The zero-order valence-corrected chi connectivity index (χ0v) is 13.0. The molecule has 108 valence electrons. The molecule has 0 unspecified atom stereocenters. The first-order valence-electron chi connectivity index (χ1n) is 6.29. The van der Waals surface area contributed by atoms with E-state index in [2.05, 4.69) is 6.08 Å². The predicted octanol–water partition coefficient (Wildman–Crippen LogP) is 2.71. The smallest absolute Gasteiger partial charge is 0.262 e. The summed E-state index contributed by atoms with van der Waals surface area (Å²) < 4.78 is 23.2. The molecule has 2 rings (SSSR count). The maximum absolute atomic E-state index is 12.5. The van der Waals surface area contributed by atoms with Crippen LogP contribution in [0.2, 0.25) is 0 Å². The Balaban J connectivity index is 2.44. The Kier molecular flexibility index (Phi) is 4.20. The van der Waals surface area contributed by atoms with Crippen molar-refractivity contribution in [2.24, 2.45) is 0 Å². The molecule has 20 heavy (non-hydrogen) atoms. The number of hydrogen-bond donors (Lipinski definition) is 0. The van der Waals surface area contributed by atoms with E-state index in [1.54, 1.807) is 17.0 Å². The molecule has 0 aromatic heterocycles. The third kappa shape index (κ3) is 3.22. The van der Waals surface area contributed by atoms with Gasteiger partial charge in [0.15, 0.2) is 0 Å². The van der Waals surface area contributed by atoms with Gasteiger partial charge in [0.2, 0.25) is 0 Å². The molecule has 0 N–H and O–H groups in total. The average Bonchev–Trinajstić information content (AvgIpc) is 2.36. The third-order valence-electron chi connectivity index (χ3n) is 3.25. The molecule has 1 aliphatic rings. The maximum atomic E-state index is 12.5. The second-order valence-corrected chi connectivity index (χ2v) is 7.54. The fraction of sp³-hybridized carbons (Fsp3) is 0.357. The van der Waals surface area contributed by atoms with Gasteiger partial charge < -0.3 is 4.90 Å². The maximum Gasteiger partial charge on any atom is 0.262 e. The van der Waals surface area contributed by atoms with E-state index in [0.717, 1.165) is 17.6 Å². The van der Waals surface area contributed by atoms with Crippen LogP contribution < -0.4 is 0 Å². The first kappa shape index (κ1) is 15.1. The van der Waals surface area contributed by atoms with E-state index in [0.29, 0.717) is 13.1 Å². The Bertz CT molecular complexity index is 680. The topological polar surface area (TPSA) is 54.5 Å².